The molecule has 0 spiro atoms. The van der Waals surface area contributed by atoms with Gasteiger partial charge >= 0.3 is 0 Å². The molecule has 0 aliphatic heterocycles. The monoisotopic (exact) mass is 308 g/mol. The molecule has 3 rings (SSSR count). The number of nitrogens with zero attached hydrogens (tertiary/aromatic N) is 3. The lowest BCUT2D eigenvalue weighted by Crippen LogP contribution is -2.41. The van der Waals surface area contributed by atoms with E-state index in [2.05, 4.69) is 27.5 Å². The average molecular weight is 308 g/mol. The van der Waals surface area contributed by atoms with Gasteiger partial charge in [0.25, 0.3) is 0 Å². The van der Waals surface area contributed by atoms with Crippen molar-refractivity contribution in [2.24, 2.45) is 0 Å². The van der Waals surface area contributed by atoms with Gasteiger partial charge in [-0.15, -0.1) is 0 Å². The number of hydrogen-bond donors (Lipinski definition) is 2. The first-order valence-corrected chi connectivity index (χ1v) is 7.61. The van der Waals surface area contributed by atoms with E-state index in [-0.39, 0.29) is 0 Å². The Balaban J connectivity index is 1.72. The second kappa shape index (κ2) is 7.17. The fraction of sp³-hybridized carbons (Fsp3) is 0.222. The molecule has 23 heavy (non-hydrogen) atoms. The molecule has 5 nitrogen and oxygen atoms in total. The molecule has 3 aromatic rings. The summed E-state index contributed by atoms with van der Waals surface area (Å²) in [5.74, 6) is 0. The fourth-order valence-electron chi connectivity index (χ4n) is 2.59. The highest BCUT2D eigenvalue weighted by molar-refractivity contribution is 5.23. The summed E-state index contributed by atoms with van der Waals surface area (Å²) in [5, 5.41) is 18.6. The first kappa shape index (κ1) is 15.4. The van der Waals surface area contributed by atoms with E-state index in [0.717, 1.165) is 5.56 Å². The molecule has 1 atom stereocenters. The van der Waals surface area contributed by atoms with E-state index in [4.69, 9.17) is 0 Å². The highest BCUT2D eigenvalue weighted by Crippen LogP contribution is 2.22. The van der Waals surface area contributed by atoms with Crippen LogP contribution in [-0.4, -0.2) is 26.4 Å². The van der Waals surface area contributed by atoms with E-state index >= 15 is 0 Å². The van der Waals surface area contributed by atoms with Crippen molar-refractivity contribution in [2.45, 2.75) is 18.7 Å². The van der Waals surface area contributed by atoms with Gasteiger partial charge < -0.3 is 10.4 Å². The zero-order valence-electron chi connectivity index (χ0n) is 12.8. The van der Waals surface area contributed by atoms with Crippen LogP contribution < -0.4 is 5.32 Å². The van der Waals surface area contributed by atoms with E-state index in [1.165, 1.54) is 11.9 Å². The Kier molecular flexibility index (Phi) is 4.80. The van der Waals surface area contributed by atoms with Crippen LogP contribution in [-0.2, 0) is 18.7 Å². The van der Waals surface area contributed by atoms with Crippen molar-refractivity contribution < 1.29 is 5.11 Å². The van der Waals surface area contributed by atoms with Crippen LogP contribution in [0.2, 0.25) is 0 Å². The van der Waals surface area contributed by atoms with Crippen molar-refractivity contribution in [3.8, 4) is 0 Å². The van der Waals surface area contributed by atoms with Gasteiger partial charge in [0.1, 0.15) is 18.3 Å². The highest BCUT2D eigenvalue weighted by atomic mass is 16.3. The normalized spacial score (nSPS) is 13.6. The third-order valence-corrected chi connectivity index (χ3v) is 3.79. The molecule has 1 aromatic heterocycles. The smallest absolute Gasteiger partial charge is 0.137 e. The van der Waals surface area contributed by atoms with Gasteiger partial charge in [-0.25, -0.2) is 9.67 Å². The summed E-state index contributed by atoms with van der Waals surface area (Å²) in [6, 6.07) is 19.8. The Morgan fingerprint density at radius 1 is 1.00 bits per heavy atom. The first-order valence-electron chi connectivity index (χ1n) is 7.61. The van der Waals surface area contributed by atoms with Crippen LogP contribution in [0.3, 0.4) is 0 Å². The molecule has 1 unspecified atom stereocenters. The summed E-state index contributed by atoms with van der Waals surface area (Å²) in [6.07, 6.45) is 3.09. The lowest BCUT2D eigenvalue weighted by atomic mass is 9.93. The van der Waals surface area contributed by atoms with Gasteiger partial charge in [-0.2, -0.15) is 5.10 Å². The number of aliphatic hydroxyl groups is 1. The lowest BCUT2D eigenvalue weighted by Gasteiger charge is -2.29. The number of nitrogens with one attached hydrogen (secondary N) is 1. The molecular weight excluding hydrogens is 288 g/mol. The molecule has 0 amide bonds. The van der Waals surface area contributed by atoms with Crippen LogP contribution in [0.4, 0.5) is 0 Å². The Hall–Kier alpha value is -2.50. The van der Waals surface area contributed by atoms with Gasteiger partial charge in [0.2, 0.25) is 0 Å². The third kappa shape index (κ3) is 4.03. The molecule has 2 N–H and O–H groups in total. The van der Waals surface area contributed by atoms with Crippen LogP contribution in [0.15, 0.2) is 73.3 Å². The zero-order valence-corrected chi connectivity index (χ0v) is 12.8. The first-order chi connectivity index (χ1) is 11.3. The number of rotatable bonds is 7. The second-order valence-electron chi connectivity index (χ2n) is 5.58. The van der Waals surface area contributed by atoms with E-state index in [0.29, 0.717) is 19.6 Å². The number of aromatic nitrogens is 3. The summed E-state index contributed by atoms with van der Waals surface area (Å²) in [5.41, 5.74) is 0.990. The summed E-state index contributed by atoms with van der Waals surface area (Å²) in [6.45, 7) is 1.47. The topological polar surface area (TPSA) is 63.0 Å². The van der Waals surface area contributed by atoms with E-state index in [1.807, 2.05) is 48.5 Å². The molecule has 5 heteroatoms. The van der Waals surface area contributed by atoms with Crippen LogP contribution in [0.5, 0.6) is 0 Å². The van der Waals surface area contributed by atoms with Gasteiger partial charge in [0.05, 0.1) is 6.54 Å². The molecule has 0 aliphatic rings. The van der Waals surface area contributed by atoms with E-state index in [1.54, 1.807) is 11.0 Å². The van der Waals surface area contributed by atoms with Crippen molar-refractivity contribution in [1.29, 1.82) is 0 Å². The SMILES string of the molecule is OC(CNCc1ccccc1)(Cn1cncn1)c1ccccc1. The summed E-state index contributed by atoms with van der Waals surface area (Å²) >= 11 is 0. The minimum atomic E-state index is -1.05. The van der Waals surface area contributed by atoms with Crippen molar-refractivity contribution in [3.05, 3.63) is 84.4 Å². The largest absolute Gasteiger partial charge is 0.382 e. The average Bonchev–Trinajstić information content (AvgIpc) is 3.09. The summed E-state index contributed by atoms with van der Waals surface area (Å²) in [7, 11) is 0. The molecule has 0 radical (unpaired) electrons. The summed E-state index contributed by atoms with van der Waals surface area (Å²) < 4.78 is 1.65. The third-order valence-electron chi connectivity index (χ3n) is 3.79. The quantitative estimate of drug-likeness (QED) is 0.700. The van der Waals surface area contributed by atoms with Crippen LogP contribution >= 0.6 is 0 Å². The molecule has 0 saturated heterocycles. The molecule has 1 heterocycles. The molecular formula is C18H20N4O. The Bertz CT molecular complexity index is 700. The minimum Gasteiger partial charge on any atom is -0.382 e. The maximum Gasteiger partial charge on any atom is 0.137 e. The predicted molar refractivity (Wildman–Crippen MR) is 88.5 cm³/mol. The van der Waals surface area contributed by atoms with Crippen molar-refractivity contribution >= 4 is 0 Å². The lowest BCUT2D eigenvalue weighted by molar-refractivity contribution is 0.0151. The van der Waals surface area contributed by atoms with E-state index < -0.39 is 5.60 Å². The molecule has 0 bridgehead atoms. The van der Waals surface area contributed by atoms with Gasteiger partial charge in [-0.05, 0) is 11.1 Å². The van der Waals surface area contributed by atoms with Gasteiger partial charge in [0, 0.05) is 13.1 Å². The van der Waals surface area contributed by atoms with Crippen molar-refractivity contribution in [1.82, 2.24) is 20.1 Å². The number of benzene rings is 2. The molecule has 0 fully saturated rings. The molecule has 0 aliphatic carbocycles. The Morgan fingerprint density at radius 3 is 2.35 bits per heavy atom. The molecule has 2 aromatic carbocycles. The maximum atomic E-state index is 11.2. The van der Waals surface area contributed by atoms with Gasteiger partial charge in [-0.1, -0.05) is 60.7 Å². The maximum absolute atomic E-state index is 11.2. The van der Waals surface area contributed by atoms with Crippen molar-refractivity contribution in [3.63, 3.8) is 0 Å². The Labute approximate surface area is 135 Å². The van der Waals surface area contributed by atoms with Crippen LogP contribution in [0.25, 0.3) is 0 Å². The van der Waals surface area contributed by atoms with Crippen molar-refractivity contribution in [2.75, 3.05) is 6.54 Å². The zero-order chi connectivity index (χ0) is 16.0. The highest BCUT2D eigenvalue weighted by Gasteiger charge is 2.29. The van der Waals surface area contributed by atoms with Crippen LogP contribution in [0, 0.1) is 0 Å². The standard InChI is InChI=1S/C18H20N4O/c23-18(13-22-15-20-14-21-22,17-9-5-2-6-10-17)12-19-11-16-7-3-1-4-8-16/h1-10,14-15,19,23H,11-13H2. The Morgan fingerprint density at radius 2 is 1.70 bits per heavy atom. The summed E-state index contributed by atoms with van der Waals surface area (Å²) in [4.78, 5) is 3.95. The predicted octanol–water partition coefficient (Wildman–Crippen LogP) is 1.96. The second-order valence-corrected chi connectivity index (χ2v) is 5.58. The number of hydrogen-bond acceptors (Lipinski definition) is 4. The van der Waals surface area contributed by atoms with E-state index in [9.17, 15) is 5.11 Å². The van der Waals surface area contributed by atoms with Gasteiger partial charge in [0.15, 0.2) is 0 Å². The van der Waals surface area contributed by atoms with Gasteiger partial charge in [-0.3, -0.25) is 0 Å². The van der Waals surface area contributed by atoms with Crippen LogP contribution in [0.1, 0.15) is 11.1 Å². The molecule has 0 saturated carbocycles. The fourth-order valence-corrected chi connectivity index (χ4v) is 2.59. The minimum absolute atomic E-state index is 0.346. The molecule has 118 valence electrons.